The van der Waals surface area contributed by atoms with Crippen LogP contribution in [-0.4, -0.2) is 49.6 Å². The number of rotatable bonds is 3. The van der Waals surface area contributed by atoms with Crippen LogP contribution in [0.4, 0.5) is 0 Å². The molecule has 1 amide bonds. The predicted octanol–water partition coefficient (Wildman–Crippen LogP) is -0.242. The van der Waals surface area contributed by atoms with Crippen LogP contribution in [0.3, 0.4) is 0 Å². The zero-order chi connectivity index (χ0) is 11.7. The van der Waals surface area contributed by atoms with Crippen LogP contribution in [-0.2, 0) is 14.3 Å². The summed E-state index contributed by atoms with van der Waals surface area (Å²) < 4.78 is 4.55. The van der Waals surface area contributed by atoms with Crippen molar-refractivity contribution in [3.8, 4) is 0 Å². The van der Waals surface area contributed by atoms with Crippen molar-refractivity contribution in [2.24, 2.45) is 5.92 Å². The van der Waals surface area contributed by atoms with Gasteiger partial charge in [0.15, 0.2) is 0 Å². The molecule has 0 aromatic heterocycles. The lowest BCUT2D eigenvalue weighted by Gasteiger charge is -2.24. The molecule has 5 heteroatoms. The lowest BCUT2D eigenvalue weighted by molar-refractivity contribution is -0.147. The smallest absolute Gasteiger partial charge is 0.325 e. The molecule has 16 heavy (non-hydrogen) atoms. The number of amides is 1. The quantitative estimate of drug-likeness (QED) is 0.675. The molecule has 0 aromatic carbocycles. The number of likely N-dealkylation sites (N-methyl/N-ethyl adjacent to an activating group) is 1. The van der Waals surface area contributed by atoms with Crippen LogP contribution in [0.15, 0.2) is 0 Å². The van der Waals surface area contributed by atoms with Crippen LogP contribution in [0.25, 0.3) is 0 Å². The molecule has 2 bridgehead atoms. The van der Waals surface area contributed by atoms with E-state index in [9.17, 15) is 9.59 Å². The number of methoxy groups -OCH3 is 1. The average molecular weight is 226 g/mol. The van der Waals surface area contributed by atoms with Gasteiger partial charge in [0.25, 0.3) is 0 Å². The molecule has 5 nitrogen and oxygen atoms in total. The summed E-state index contributed by atoms with van der Waals surface area (Å²) in [6.45, 7) is 0.0449. The van der Waals surface area contributed by atoms with Gasteiger partial charge in [0.1, 0.15) is 6.54 Å². The Morgan fingerprint density at radius 2 is 2.19 bits per heavy atom. The summed E-state index contributed by atoms with van der Waals surface area (Å²) in [5.74, 6) is -0.259. The Morgan fingerprint density at radius 1 is 1.44 bits per heavy atom. The Labute approximate surface area is 95.1 Å². The second-order valence-corrected chi connectivity index (χ2v) is 4.66. The third kappa shape index (κ3) is 2.04. The van der Waals surface area contributed by atoms with E-state index in [0.29, 0.717) is 12.1 Å². The molecule has 90 valence electrons. The molecular weight excluding hydrogens is 208 g/mol. The average Bonchev–Trinajstić information content (AvgIpc) is 2.89. The molecule has 2 fully saturated rings. The van der Waals surface area contributed by atoms with Gasteiger partial charge >= 0.3 is 5.97 Å². The van der Waals surface area contributed by atoms with Gasteiger partial charge in [-0.15, -0.1) is 0 Å². The maximum atomic E-state index is 12.1. The number of esters is 1. The first-order chi connectivity index (χ1) is 7.61. The molecule has 0 spiro atoms. The molecule has 2 heterocycles. The van der Waals surface area contributed by atoms with Crippen molar-refractivity contribution < 1.29 is 14.3 Å². The number of nitrogens with one attached hydrogen (secondary N) is 1. The second-order valence-electron chi connectivity index (χ2n) is 4.66. The number of carbonyl (C=O) groups is 2. The maximum Gasteiger partial charge on any atom is 0.325 e. The first-order valence-electron chi connectivity index (χ1n) is 5.69. The molecule has 2 aliphatic rings. The van der Waals surface area contributed by atoms with E-state index in [4.69, 9.17) is 0 Å². The van der Waals surface area contributed by atoms with Gasteiger partial charge in [-0.2, -0.15) is 0 Å². The Balaban J connectivity index is 1.90. The summed E-state index contributed by atoms with van der Waals surface area (Å²) >= 11 is 0. The molecule has 1 N–H and O–H groups in total. The van der Waals surface area contributed by atoms with Crippen molar-refractivity contribution in [1.82, 2.24) is 10.2 Å². The molecule has 0 aliphatic carbocycles. The first-order valence-corrected chi connectivity index (χ1v) is 5.69. The van der Waals surface area contributed by atoms with E-state index in [1.807, 2.05) is 0 Å². The first kappa shape index (κ1) is 11.4. The summed E-state index contributed by atoms with van der Waals surface area (Å²) in [6, 6.07) is 0.822. The normalized spacial score (nSPS) is 31.5. The zero-order valence-electron chi connectivity index (χ0n) is 9.73. The minimum Gasteiger partial charge on any atom is -0.468 e. The van der Waals surface area contributed by atoms with Crippen molar-refractivity contribution in [3.63, 3.8) is 0 Å². The standard InChI is InChI=1S/C11H18N2O3/c1-13(6-10(14)16-2)11(15)8-5-7-3-4-9(8)12-7/h7-9,12H,3-6H2,1-2H3. The van der Waals surface area contributed by atoms with Gasteiger partial charge < -0.3 is 15.0 Å². The van der Waals surface area contributed by atoms with Gasteiger partial charge in [-0.3, -0.25) is 9.59 Å². The highest BCUT2D eigenvalue weighted by atomic mass is 16.5. The Hall–Kier alpha value is -1.10. The van der Waals surface area contributed by atoms with Gasteiger partial charge in [0.2, 0.25) is 5.91 Å². The van der Waals surface area contributed by atoms with Crippen LogP contribution >= 0.6 is 0 Å². The molecule has 2 saturated heterocycles. The molecule has 0 radical (unpaired) electrons. The van der Waals surface area contributed by atoms with Crippen LogP contribution in [0.5, 0.6) is 0 Å². The Morgan fingerprint density at radius 3 is 2.69 bits per heavy atom. The van der Waals surface area contributed by atoms with Gasteiger partial charge in [0.05, 0.1) is 13.0 Å². The van der Waals surface area contributed by atoms with Crippen molar-refractivity contribution in [2.45, 2.75) is 31.3 Å². The van der Waals surface area contributed by atoms with E-state index in [-0.39, 0.29) is 24.3 Å². The number of fused-ring (bicyclic) bond motifs is 2. The van der Waals surface area contributed by atoms with Crippen molar-refractivity contribution in [1.29, 1.82) is 0 Å². The summed E-state index contributed by atoms with van der Waals surface area (Å²) in [5.41, 5.74) is 0. The van der Waals surface area contributed by atoms with E-state index in [1.165, 1.54) is 18.4 Å². The third-order valence-electron chi connectivity index (χ3n) is 3.59. The maximum absolute atomic E-state index is 12.1. The molecule has 2 rings (SSSR count). The fourth-order valence-corrected chi connectivity index (χ4v) is 2.72. The molecule has 3 unspecified atom stereocenters. The van der Waals surface area contributed by atoms with Gasteiger partial charge in [-0.25, -0.2) is 0 Å². The van der Waals surface area contributed by atoms with Crippen LogP contribution in [0, 0.1) is 5.92 Å². The monoisotopic (exact) mass is 226 g/mol. The number of hydrogen-bond donors (Lipinski definition) is 1. The summed E-state index contributed by atoms with van der Waals surface area (Å²) in [5, 5.41) is 3.42. The molecule has 0 aromatic rings. The second kappa shape index (κ2) is 4.41. The Kier molecular flexibility index (Phi) is 3.14. The largest absolute Gasteiger partial charge is 0.468 e. The lowest BCUT2D eigenvalue weighted by Crippen LogP contribution is -2.41. The van der Waals surface area contributed by atoms with Crippen molar-refractivity contribution in [2.75, 3.05) is 20.7 Å². The highest BCUT2D eigenvalue weighted by molar-refractivity contribution is 5.84. The van der Waals surface area contributed by atoms with Gasteiger partial charge in [-0.1, -0.05) is 0 Å². The van der Waals surface area contributed by atoms with Gasteiger partial charge in [0, 0.05) is 19.1 Å². The summed E-state index contributed by atoms with van der Waals surface area (Å²) in [4.78, 5) is 24.6. The minimum atomic E-state index is -0.369. The number of carbonyl (C=O) groups excluding carboxylic acids is 2. The summed E-state index contributed by atoms with van der Waals surface area (Å²) in [7, 11) is 2.99. The third-order valence-corrected chi connectivity index (χ3v) is 3.59. The van der Waals surface area contributed by atoms with E-state index >= 15 is 0 Å². The SMILES string of the molecule is COC(=O)CN(C)C(=O)C1CC2CCC1N2. The summed E-state index contributed by atoms with van der Waals surface area (Å²) in [6.07, 6.45) is 3.16. The lowest BCUT2D eigenvalue weighted by atomic mass is 9.88. The molecule has 2 aliphatic heterocycles. The van der Waals surface area contributed by atoms with Crippen LogP contribution < -0.4 is 5.32 Å². The van der Waals surface area contributed by atoms with E-state index in [0.717, 1.165) is 12.8 Å². The zero-order valence-corrected chi connectivity index (χ0v) is 9.73. The van der Waals surface area contributed by atoms with Crippen molar-refractivity contribution >= 4 is 11.9 Å². The number of nitrogens with zero attached hydrogens (tertiary/aromatic N) is 1. The highest BCUT2D eigenvalue weighted by Gasteiger charge is 2.43. The fourth-order valence-electron chi connectivity index (χ4n) is 2.72. The topological polar surface area (TPSA) is 58.6 Å². The van der Waals surface area contributed by atoms with Crippen molar-refractivity contribution in [3.05, 3.63) is 0 Å². The molecular formula is C11H18N2O3. The minimum absolute atomic E-state index is 0.0449. The van der Waals surface area contributed by atoms with E-state index < -0.39 is 0 Å². The fraction of sp³-hybridized carbons (Fsp3) is 0.818. The number of ether oxygens (including phenoxy) is 1. The molecule has 3 atom stereocenters. The highest BCUT2D eigenvalue weighted by Crippen LogP contribution is 2.34. The van der Waals surface area contributed by atoms with Gasteiger partial charge in [-0.05, 0) is 19.3 Å². The number of hydrogen-bond acceptors (Lipinski definition) is 4. The van der Waals surface area contributed by atoms with Crippen LogP contribution in [0.1, 0.15) is 19.3 Å². The predicted molar refractivity (Wildman–Crippen MR) is 57.7 cm³/mol. The van der Waals surface area contributed by atoms with E-state index in [2.05, 4.69) is 10.1 Å². The molecule has 0 saturated carbocycles. The van der Waals surface area contributed by atoms with E-state index in [1.54, 1.807) is 7.05 Å². The van der Waals surface area contributed by atoms with Crippen LogP contribution in [0.2, 0.25) is 0 Å². The Bertz CT molecular complexity index is 306.